The monoisotopic (exact) mass is 205 g/mol. The summed E-state index contributed by atoms with van der Waals surface area (Å²) < 4.78 is 5.44. The molecule has 0 atom stereocenters. The molecule has 0 N–H and O–H groups in total. The van der Waals surface area contributed by atoms with Crippen molar-refractivity contribution in [2.45, 2.75) is 13.3 Å². The van der Waals surface area contributed by atoms with Crippen LogP contribution in [0.15, 0.2) is 29.4 Å². The highest BCUT2D eigenvalue weighted by Crippen LogP contribution is 2.24. The van der Waals surface area contributed by atoms with Crippen LogP contribution in [0.25, 0.3) is 0 Å². The molecular formula is C11H11NO3. The maximum absolute atomic E-state index is 10.6. The summed E-state index contributed by atoms with van der Waals surface area (Å²) in [7, 11) is 0. The fourth-order valence-electron chi connectivity index (χ4n) is 1.44. The fraction of sp³-hybridized carbons (Fsp3) is 0.273. The van der Waals surface area contributed by atoms with Gasteiger partial charge in [0.05, 0.1) is 12.3 Å². The number of oxime groups is 1. The molecule has 1 aliphatic heterocycles. The zero-order valence-electron chi connectivity index (χ0n) is 8.40. The van der Waals surface area contributed by atoms with E-state index in [2.05, 4.69) is 9.99 Å². The van der Waals surface area contributed by atoms with Gasteiger partial charge in [-0.05, 0) is 12.1 Å². The summed E-state index contributed by atoms with van der Waals surface area (Å²) in [6.45, 7) is 1.90. The van der Waals surface area contributed by atoms with E-state index in [1.54, 1.807) is 0 Å². The van der Waals surface area contributed by atoms with Gasteiger partial charge in [0.25, 0.3) is 0 Å². The summed E-state index contributed by atoms with van der Waals surface area (Å²) in [5.74, 6) is 0.376. The van der Waals surface area contributed by atoms with Gasteiger partial charge in [-0.3, -0.25) is 0 Å². The fourth-order valence-corrected chi connectivity index (χ4v) is 1.44. The Morgan fingerprint density at radius 3 is 3.07 bits per heavy atom. The Morgan fingerprint density at radius 2 is 2.27 bits per heavy atom. The van der Waals surface area contributed by atoms with Crippen molar-refractivity contribution in [1.82, 2.24) is 0 Å². The molecule has 0 saturated heterocycles. The van der Waals surface area contributed by atoms with Crippen LogP contribution in [-0.2, 0) is 9.63 Å². The third-order valence-electron chi connectivity index (χ3n) is 2.08. The van der Waals surface area contributed by atoms with Crippen LogP contribution in [0, 0.1) is 0 Å². The van der Waals surface area contributed by atoms with Crippen LogP contribution in [0.4, 0.5) is 0 Å². The zero-order valence-corrected chi connectivity index (χ0v) is 8.40. The number of carbonyl (C=O) groups excluding carboxylic acids is 1. The molecule has 0 fully saturated rings. The van der Waals surface area contributed by atoms with Crippen molar-refractivity contribution in [3.8, 4) is 5.75 Å². The summed E-state index contributed by atoms with van der Waals surface area (Å²) in [6, 6.07) is 7.57. The van der Waals surface area contributed by atoms with Gasteiger partial charge in [-0.15, -0.1) is 0 Å². The Hall–Kier alpha value is -1.84. The highest BCUT2D eigenvalue weighted by molar-refractivity contribution is 6.03. The van der Waals surface area contributed by atoms with E-state index in [0.717, 1.165) is 17.0 Å². The highest BCUT2D eigenvalue weighted by atomic mass is 16.7. The lowest BCUT2D eigenvalue weighted by atomic mass is 10.0. The summed E-state index contributed by atoms with van der Waals surface area (Å²) in [6.07, 6.45) is 0.657. The van der Waals surface area contributed by atoms with Gasteiger partial charge in [0.1, 0.15) is 5.75 Å². The molecule has 0 aliphatic carbocycles. The minimum atomic E-state index is -0.411. The van der Waals surface area contributed by atoms with Gasteiger partial charge in [0.2, 0.25) is 0 Å². The Balaban J connectivity index is 2.29. The molecule has 0 bridgehead atoms. The van der Waals surface area contributed by atoms with Gasteiger partial charge < -0.3 is 9.57 Å². The van der Waals surface area contributed by atoms with Crippen molar-refractivity contribution >= 4 is 11.7 Å². The molecule has 4 heteroatoms. The van der Waals surface area contributed by atoms with E-state index in [-0.39, 0.29) is 0 Å². The molecule has 15 heavy (non-hydrogen) atoms. The molecular weight excluding hydrogens is 194 g/mol. The van der Waals surface area contributed by atoms with Crippen molar-refractivity contribution in [2.75, 3.05) is 6.61 Å². The number of ether oxygens (including phenoxy) is 1. The third kappa shape index (κ3) is 2.15. The first kappa shape index (κ1) is 9.71. The van der Waals surface area contributed by atoms with Crippen LogP contribution in [0.3, 0.4) is 0 Å². The van der Waals surface area contributed by atoms with Crippen molar-refractivity contribution in [2.24, 2.45) is 5.16 Å². The Morgan fingerprint density at radius 1 is 1.47 bits per heavy atom. The summed E-state index contributed by atoms with van der Waals surface area (Å²) in [5, 5.41) is 3.81. The summed E-state index contributed by atoms with van der Waals surface area (Å²) in [4.78, 5) is 15.3. The first-order valence-corrected chi connectivity index (χ1v) is 4.74. The topological polar surface area (TPSA) is 47.9 Å². The molecule has 1 aliphatic rings. The number of fused-ring (bicyclic) bond motifs is 1. The number of rotatable bonds is 1. The number of para-hydroxylation sites is 1. The van der Waals surface area contributed by atoms with E-state index in [9.17, 15) is 4.79 Å². The van der Waals surface area contributed by atoms with Crippen LogP contribution in [0.2, 0.25) is 0 Å². The average molecular weight is 205 g/mol. The molecule has 2 rings (SSSR count). The number of hydrogen-bond donors (Lipinski definition) is 0. The van der Waals surface area contributed by atoms with Gasteiger partial charge in [0.15, 0.2) is 0 Å². The maximum Gasteiger partial charge on any atom is 0.331 e. The first-order chi connectivity index (χ1) is 7.27. The largest absolute Gasteiger partial charge is 0.492 e. The van der Waals surface area contributed by atoms with Gasteiger partial charge in [0, 0.05) is 18.9 Å². The van der Waals surface area contributed by atoms with Crippen LogP contribution in [0.1, 0.15) is 18.9 Å². The number of benzene rings is 1. The quantitative estimate of drug-likeness (QED) is 0.518. The van der Waals surface area contributed by atoms with Crippen LogP contribution >= 0.6 is 0 Å². The third-order valence-corrected chi connectivity index (χ3v) is 2.08. The molecule has 1 aromatic rings. The van der Waals surface area contributed by atoms with Crippen molar-refractivity contribution in [1.29, 1.82) is 0 Å². The number of carbonyl (C=O) groups is 1. The van der Waals surface area contributed by atoms with Crippen molar-refractivity contribution in [3.63, 3.8) is 0 Å². The van der Waals surface area contributed by atoms with Gasteiger partial charge in [-0.2, -0.15) is 0 Å². The molecule has 4 nitrogen and oxygen atoms in total. The van der Waals surface area contributed by atoms with Gasteiger partial charge in [-0.1, -0.05) is 17.3 Å². The second kappa shape index (κ2) is 4.13. The Labute approximate surface area is 87.5 Å². The number of nitrogens with zero attached hydrogens (tertiary/aromatic N) is 1. The molecule has 0 saturated carbocycles. The van der Waals surface area contributed by atoms with Crippen LogP contribution in [-0.4, -0.2) is 18.3 Å². The predicted octanol–water partition coefficient (Wildman–Crippen LogP) is 1.74. The zero-order chi connectivity index (χ0) is 10.7. The van der Waals surface area contributed by atoms with E-state index in [1.165, 1.54) is 6.92 Å². The van der Waals surface area contributed by atoms with E-state index in [1.807, 2.05) is 24.3 Å². The van der Waals surface area contributed by atoms with Crippen LogP contribution in [0.5, 0.6) is 5.75 Å². The highest BCUT2D eigenvalue weighted by Gasteiger charge is 2.16. The molecule has 78 valence electrons. The minimum Gasteiger partial charge on any atom is -0.492 e. The lowest BCUT2D eigenvalue weighted by Crippen LogP contribution is -2.16. The Bertz CT molecular complexity index is 412. The maximum atomic E-state index is 10.6. The van der Waals surface area contributed by atoms with Crippen LogP contribution < -0.4 is 4.74 Å². The smallest absolute Gasteiger partial charge is 0.331 e. The molecule has 0 amide bonds. The van der Waals surface area contributed by atoms with Crippen molar-refractivity contribution in [3.05, 3.63) is 29.8 Å². The van der Waals surface area contributed by atoms with E-state index in [0.29, 0.717) is 13.0 Å². The second-order valence-corrected chi connectivity index (χ2v) is 3.22. The SMILES string of the molecule is CC(=O)O/N=C1\CCOc2ccccc21. The lowest BCUT2D eigenvalue weighted by molar-refractivity contribution is -0.140. The van der Waals surface area contributed by atoms with E-state index >= 15 is 0 Å². The average Bonchev–Trinajstić information content (AvgIpc) is 2.26. The number of hydrogen-bond acceptors (Lipinski definition) is 4. The van der Waals surface area contributed by atoms with Gasteiger partial charge in [-0.25, -0.2) is 4.79 Å². The minimum absolute atomic E-state index is 0.411. The molecule has 0 radical (unpaired) electrons. The predicted molar refractivity (Wildman–Crippen MR) is 54.9 cm³/mol. The molecule has 0 unspecified atom stereocenters. The standard InChI is InChI=1S/C11H11NO3/c1-8(13)15-12-10-6-7-14-11-5-3-2-4-9(10)11/h2-5H,6-7H2,1H3/b12-10+. The molecule has 1 heterocycles. The lowest BCUT2D eigenvalue weighted by Gasteiger charge is -2.17. The summed E-state index contributed by atoms with van der Waals surface area (Å²) in [5.41, 5.74) is 1.65. The normalized spacial score (nSPS) is 16.7. The van der Waals surface area contributed by atoms with E-state index in [4.69, 9.17) is 4.74 Å². The van der Waals surface area contributed by atoms with Gasteiger partial charge >= 0.3 is 5.97 Å². The Kier molecular flexibility index (Phi) is 2.67. The first-order valence-electron chi connectivity index (χ1n) is 4.74. The molecule has 1 aromatic carbocycles. The van der Waals surface area contributed by atoms with E-state index < -0.39 is 5.97 Å². The van der Waals surface area contributed by atoms with Crippen molar-refractivity contribution < 1.29 is 14.4 Å². The molecule has 0 aromatic heterocycles. The second-order valence-electron chi connectivity index (χ2n) is 3.22. The summed E-state index contributed by atoms with van der Waals surface area (Å²) >= 11 is 0. The molecule has 0 spiro atoms.